The molecule has 0 saturated carbocycles. The van der Waals surface area contributed by atoms with Crippen LogP contribution < -0.4 is 0 Å². The lowest BCUT2D eigenvalue weighted by atomic mass is 10.2. The summed E-state index contributed by atoms with van der Waals surface area (Å²) in [5.74, 6) is -1.03. The van der Waals surface area contributed by atoms with Gasteiger partial charge in [-0.15, -0.1) is 0 Å². The number of carbonyl (C=O) groups is 2. The molecule has 0 unspecified atom stereocenters. The van der Waals surface area contributed by atoms with Crippen molar-refractivity contribution in [2.75, 3.05) is 5.75 Å². The van der Waals surface area contributed by atoms with Crippen molar-refractivity contribution in [3.8, 4) is 0 Å². The summed E-state index contributed by atoms with van der Waals surface area (Å²) in [4.78, 5) is 30.1. The third-order valence-electron chi connectivity index (χ3n) is 1.91. The highest BCUT2D eigenvalue weighted by molar-refractivity contribution is 8.45. The van der Waals surface area contributed by atoms with Gasteiger partial charge < -0.3 is 5.11 Å². The zero-order valence-corrected chi connectivity index (χ0v) is 10.7. The summed E-state index contributed by atoms with van der Waals surface area (Å²) in [5, 5.41) is 8.37. The third kappa shape index (κ3) is 3.44. The van der Waals surface area contributed by atoms with Gasteiger partial charge >= 0.3 is 5.97 Å². The molecule has 92 valence electrons. The number of carboxylic acid groups (broad SMARTS) is 1. The summed E-state index contributed by atoms with van der Waals surface area (Å²) in [6.45, 7) is 0. The minimum atomic E-state index is -0.930. The number of hydrogen-bond acceptors (Lipinski definition) is 6. The lowest BCUT2D eigenvalue weighted by molar-refractivity contribution is -0.133. The Morgan fingerprint density at radius 1 is 1.56 bits per heavy atom. The zero-order valence-electron chi connectivity index (χ0n) is 9.07. The minimum Gasteiger partial charge on any atom is -0.481 e. The van der Waals surface area contributed by atoms with Gasteiger partial charge in [-0.25, -0.2) is 4.99 Å². The molecule has 1 aromatic heterocycles. The predicted octanol–water partition coefficient (Wildman–Crippen LogP) is 1.87. The van der Waals surface area contributed by atoms with Crippen LogP contribution in [0.15, 0.2) is 35.2 Å². The molecule has 0 amide bonds. The molecule has 1 aliphatic rings. The van der Waals surface area contributed by atoms with E-state index in [0.29, 0.717) is 10.1 Å². The molecule has 18 heavy (non-hydrogen) atoms. The Labute approximate surface area is 111 Å². The molecule has 5 nitrogen and oxygen atoms in total. The van der Waals surface area contributed by atoms with Crippen molar-refractivity contribution in [1.82, 2.24) is 4.98 Å². The first kappa shape index (κ1) is 12.8. The average Bonchev–Trinajstić information content (AvgIpc) is 2.69. The highest BCUT2D eigenvalue weighted by Crippen LogP contribution is 2.30. The summed E-state index contributed by atoms with van der Waals surface area (Å²) >= 11 is 2.00. The quantitative estimate of drug-likeness (QED) is 0.851. The highest BCUT2D eigenvalue weighted by Gasteiger charge is 2.22. The number of aliphatic imine (C=N–C) groups is 1. The Morgan fingerprint density at radius 3 is 3.06 bits per heavy atom. The van der Waals surface area contributed by atoms with E-state index >= 15 is 0 Å². The van der Waals surface area contributed by atoms with Crippen LogP contribution in [0.3, 0.4) is 0 Å². The van der Waals surface area contributed by atoms with Crippen molar-refractivity contribution >= 4 is 45.1 Å². The molecule has 2 rings (SSSR count). The van der Waals surface area contributed by atoms with Crippen LogP contribution in [0.1, 0.15) is 5.56 Å². The topological polar surface area (TPSA) is 79.6 Å². The van der Waals surface area contributed by atoms with E-state index in [1.165, 1.54) is 0 Å². The van der Waals surface area contributed by atoms with Crippen molar-refractivity contribution in [1.29, 1.82) is 0 Å². The number of rotatable bonds is 3. The molecule has 1 aliphatic heterocycles. The van der Waals surface area contributed by atoms with Gasteiger partial charge in [0.2, 0.25) is 5.12 Å². The molecule has 1 aromatic rings. The standard InChI is InChI=1S/C11H8N2O3S2/c14-9(15)6-17-11-13-8(10(16)18-11)4-7-2-1-3-12-5-7/h1-5H,6H2,(H,14,15). The second-order valence-electron chi connectivity index (χ2n) is 3.27. The number of pyridine rings is 1. The molecule has 1 N–H and O–H groups in total. The Hall–Kier alpha value is -1.60. The molecule has 0 radical (unpaired) electrons. The number of hydrogen-bond donors (Lipinski definition) is 1. The monoisotopic (exact) mass is 280 g/mol. The first-order valence-corrected chi connectivity index (χ1v) is 6.72. The molecule has 0 aliphatic carbocycles. The van der Waals surface area contributed by atoms with E-state index in [-0.39, 0.29) is 10.9 Å². The summed E-state index contributed by atoms with van der Waals surface area (Å²) in [6, 6.07) is 3.58. The fourth-order valence-corrected chi connectivity index (χ4v) is 2.76. The van der Waals surface area contributed by atoms with Crippen molar-refractivity contribution < 1.29 is 14.7 Å². The predicted molar refractivity (Wildman–Crippen MR) is 72.3 cm³/mol. The Kier molecular flexibility index (Phi) is 4.16. The fraction of sp³-hybridized carbons (Fsp3) is 0.0909. The first-order valence-electron chi connectivity index (χ1n) is 4.92. The lowest BCUT2D eigenvalue weighted by Crippen LogP contribution is -1.99. The molecular formula is C11H8N2O3S2. The summed E-state index contributed by atoms with van der Waals surface area (Å²) in [5.41, 5.74) is 1.11. The molecule has 0 bridgehead atoms. The zero-order chi connectivity index (χ0) is 13.0. The van der Waals surface area contributed by atoms with Gasteiger partial charge in [-0.05, 0) is 29.5 Å². The van der Waals surface area contributed by atoms with Crippen molar-refractivity contribution in [3.63, 3.8) is 0 Å². The van der Waals surface area contributed by atoms with Gasteiger partial charge in [-0.2, -0.15) is 0 Å². The van der Waals surface area contributed by atoms with Crippen LogP contribution in [0, 0.1) is 0 Å². The summed E-state index contributed by atoms with van der Waals surface area (Å²) in [7, 11) is 0. The second kappa shape index (κ2) is 5.83. The van der Waals surface area contributed by atoms with Crippen LogP contribution in [-0.2, 0) is 9.59 Å². The third-order valence-corrected chi connectivity index (χ3v) is 3.90. The van der Waals surface area contributed by atoms with Crippen LogP contribution in [0.25, 0.3) is 6.08 Å². The fourth-order valence-electron chi connectivity index (χ4n) is 1.19. The number of nitrogens with zero attached hydrogens (tertiary/aromatic N) is 2. The largest absolute Gasteiger partial charge is 0.481 e. The van der Waals surface area contributed by atoms with E-state index < -0.39 is 5.97 Å². The average molecular weight is 280 g/mol. The normalized spacial score (nSPS) is 17.0. The maximum atomic E-state index is 11.6. The van der Waals surface area contributed by atoms with E-state index in [9.17, 15) is 9.59 Å². The van der Waals surface area contributed by atoms with Crippen molar-refractivity contribution in [2.45, 2.75) is 0 Å². The second-order valence-corrected chi connectivity index (χ2v) is 5.45. The molecule has 0 aromatic carbocycles. The van der Waals surface area contributed by atoms with Crippen molar-refractivity contribution in [2.24, 2.45) is 4.99 Å². The molecular weight excluding hydrogens is 272 g/mol. The van der Waals surface area contributed by atoms with Gasteiger partial charge in [0, 0.05) is 12.4 Å². The smallest absolute Gasteiger partial charge is 0.313 e. The van der Waals surface area contributed by atoms with Gasteiger partial charge in [0.1, 0.15) is 10.1 Å². The van der Waals surface area contributed by atoms with Gasteiger partial charge in [-0.3, -0.25) is 14.6 Å². The lowest BCUT2D eigenvalue weighted by Gasteiger charge is -1.92. The van der Waals surface area contributed by atoms with E-state index in [4.69, 9.17) is 5.11 Å². The Morgan fingerprint density at radius 2 is 2.39 bits per heavy atom. The summed E-state index contributed by atoms with van der Waals surface area (Å²) in [6.07, 6.45) is 4.91. The SMILES string of the molecule is O=C(O)CSC1=NC(=Cc2cccnc2)C(=O)S1. The Balaban J connectivity index is 2.12. The molecule has 2 heterocycles. The molecule has 7 heteroatoms. The van der Waals surface area contributed by atoms with E-state index in [1.807, 2.05) is 6.07 Å². The number of carboxylic acids is 1. The molecule has 0 atom stereocenters. The van der Waals surface area contributed by atoms with E-state index in [0.717, 1.165) is 29.1 Å². The van der Waals surface area contributed by atoms with Gasteiger partial charge in [0.25, 0.3) is 0 Å². The van der Waals surface area contributed by atoms with E-state index in [1.54, 1.807) is 24.5 Å². The van der Waals surface area contributed by atoms with Crippen molar-refractivity contribution in [3.05, 3.63) is 35.8 Å². The van der Waals surface area contributed by atoms with Gasteiger partial charge in [0.05, 0.1) is 5.75 Å². The number of aromatic nitrogens is 1. The number of thioether (sulfide) groups is 2. The maximum absolute atomic E-state index is 11.6. The minimum absolute atomic E-state index is 0.0979. The summed E-state index contributed by atoms with van der Waals surface area (Å²) < 4.78 is 0.470. The molecule has 0 spiro atoms. The van der Waals surface area contributed by atoms with E-state index in [2.05, 4.69) is 9.98 Å². The number of aliphatic carboxylic acids is 1. The Bertz CT molecular complexity index is 540. The van der Waals surface area contributed by atoms with Crippen LogP contribution in [-0.4, -0.2) is 31.3 Å². The molecule has 0 fully saturated rings. The highest BCUT2D eigenvalue weighted by atomic mass is 32.2. The van der Waals surface area contributed by atoms with Gasteiger partial charge in [-0.1, -0.05) is 17.8 Å². The van der Waals surface area contributed by atoms with Crippen LogP contribution in [0.5, 0.6) is 0 Å². The van der Waals surface area contributed by atoms with Crippen LogP contribution in [0.4, 0.5) is 0 Å². The number of carbonyl (C=O) groups excluding carboxylic acids is 1. The maximum Gasteiger partial charge on any atom is 0.313 e. The van der Waals surface area contributed by atoms with Crippen LogP contribution in [0.2, 0.25) is 0 Å². The first-order chi connectivity index (χ1) is 8.65. The molecule has 0 saturated heterocycles. The van der Waals surface area contributed by atoms with Crippen LogP contribution >= 0.6 is 23.5 Å². The van der Waals surface area contributed by atoms with Gasteiger partial charge in [0.15, 0.2) is 0 Å².